The summed E-state index contributed by atoms with van der Waals surface area (Å²) in [6.07, 6.45) is 1.84. The SMILES string of the molecule is CCc1ccc(CC(C#N)c2ccc(C)cc2)cc1. The van der Waals surface area contributed by atoms with Crippen molar-refractivity contribution in [3.05, 3.63) is 70.8 Å². The molecule has 2 aromatic carbocycles. The molecule has 1 nitrogen and oxygen atoms in total. The Kier molecular flexibility index (Phi) is 4.36. The van der Waals surface area contributed by atoms with Gasteiger partial charge in [0.15, 0.2) is 0 Å². The van der Waals surface area contributed by atoms with Gasteiger partial charge in [-0.1, -0.05) is 61.0 Å². The molecule has 0 heterocycles. The molecule has 0 fully saturated rings. The predicted molar refractivity (Wildman–Crippen MR) is 79.1 cm³/mol. The van der Waals surface area contributed by atoms with Gasteiger partial charge in [0.25, 0.3) is 0 Å². The molecule has 0 aliphatic rings. The molecule has 19 heavy (non-hydrogen) atoms. The Bertz CT molecular complexity index is 558. The van der Waals surface area contributed by atoms with Crippen LogP contribution in [0.4, 0.5) is 0 Å². The van der Waals surface area contributed by atoms with Crippen LogP contribution in [0.5, 0.6) is 0 Å². The van der Waals surface area contributed by atoms with Crippen LogP contribution in [-0.2, 0) is 12.8 Å². The zero-order valence-corrected chi connectivity index (χ0v) is 11.6. The van der Waals surface area contributed by atoms with Crippen LogP contribution in [0.15, 0.2) is 48.5 Å². The molecule has 1 unspecified atom stereocenters. The summed E-state index contributed by atoms with van der Waals surface area (Å²) < 4.78 is 0. The summed E-state index contributed by atoms with van der Waals surface area (Å²) in [6, 6.07) is 19.2. The first-order valence-corrected chi connectivity index (χ1v) is 6.77. The van der Waals surface area contributed by atoms with E-state index in [9.17, 15) is 5.26 Å². The van der Waals surface area contributed by atoms with Gasteiger partial charge in [-0.2, -0.15) is 5.26 Å². The highest BCUT2D eigenvalue weighted by molar-refractivity contribution is 5.32. The molecular weight excluding hydrogens is 230 g/mol. The average molecular weight is 249 g/mol. The molecule has 0 spiro atoms. The molecule has 0 aliphatic carbocycles. The van der Waals surface area contributed by atoms with Crippen LogP contribution in [0.25, 0.3) is 0 Å². The van der Waals surface area contributed by atoms with E-state index in [2.05, 4.69) is 68.4 Å². The Balaban J connectivity index is 2.14. The number of nitrogens with zero attached hydrogens (tertiary/aromatic N) is 1. The molecular formula is C18H19N. The normalized spacial score (nSPS) is 11.8. The second-order valence-electron chi connectivity index (χ2n) is 4.97. The summed E-state index contributed by atoms with van der Waals surface area (Å²) in [5, 5.41) is 9.36. The average Bonchev–Trinajstić information content (AvgIpc) is 2.46. The van der Waals surface area contributed by atoms with Crippen LogP contribution in [0.3, 0.4) is 0 Å². The van der Waals surface area contributed by atoms with Crippen molar-refractivity contribution in [3.63, 3.8) is 0 Å². The first-order valence-electron chi connectivity index (χ1n) is 6.77. The number of aryl methyl sites for hydroxylation is 2. The summed E-state index contributed by atoms with van der Waals surface area (Å²) >= 11 is 0. The molecule has 1 atom stereocenters. The number of hydrogen-bond donors (Lipinski definition) is 0. The fourth-order valence-electron chi connectivity index (χ4n) is 2.18. The van der Waals surface area contributed by atoms with Crippen molar-refractivity contribution in [3.8, 4) is 6.07 Å². The zero-order valence-electron chi connectivity index (χ0n) is 11.6. The van der Waals surface area contributed by atoms with Crippen molar-refractivity contribution in [1.82, 2.24) is 0 Å². The molecule has 0 radical (unpaired) electrons. The van der Waals surface area contributed by atoms with Gasteiger partial charge in [-0.3, -0.25) is 0 Å². The maximum Gasteiger partial charge on any atom is 0.0753 e. The molecule has 1 heteroatoms. The molecule has 0 aliphatic heterocycles. The van der Waals surface area contributed by atoms with Crippen molar-refractivity contribution in [2.24, 2.45) is 0 Å². The molecule has 2 aromatic rings. The van der Waals surface area contributed by atoms with E-state index in [1.54, 1.807) is 0 Å². The highest BCUT2D eigenvalue weighted by Crippen LogP contribution is 2.21. The van der Waals surface area contributed by atoms with Crippen molar-refractivity contribution in [2.75, 3.05) is 0 Å². The summed E-state index contributed by atoms with van der Waals surface area (Å²) in [5.74, 6) is -0.0620. The maximum atomic E-state index is 9.36. The summed E-state index contributed by atoms with van der Waals surface area (Å²) in [4.78, 5) is 0. The number of benzene rings is 2. The van der Waals surface area contributed by atoms with E-state index < -0.39 is 0 Å². The lowest BCUT2D eigenvalue weighted by atomic mass is 9.92. The highest BCUT2D eigenvalue weighted by atomic mass is 14.3. The minimum absolute atomic E-state index is 0.0620. The predicted octanol–water partition coefficient (Wildman–Crippen LogP) is 4.41. The van der Waals surface area contributed by atoms with Gasteiger partial charge in [0, 0.05) is 0 Å². The van der Waals surface area contributed by atoms with Crippen molar-refractivity contribution in [2.45, 2.75) is 32.6 Å². The number of nitriles is 1. The fraction of sp³-hybridized carbons (Fsp3) is 0.278. The maximum absolute atomic E-state index is 9.36. The van der Waals surface area contributed by atoms with E-state index in [0.29, 0.717) is 0 Å². The third kappa shape index (κ3) is 3.45. The Morgan fingerprint density at radius 2 is 1.53 bits per heavy atom. The van der Waals surface area contributed by atoms with E-state index in [1.807, 2.05) is 0 Å². The minimum Gasteiger partial charge on any atom is -0.198 e. The summed E-state index contributed by atoms with van der Waals surface area (Å²) in [5.41, 5.74) is 4.90. The lowest BCUT2D eigenvalue weighted by Crippen LogP contribution is -2.00. The van der Waals surface area contributed by atoms with Gasteiger partial charge >= 0.3 is 0 Å². The van der Waals surface area contributed by atoms with E-state index in [0.717, 1.165) is 18.4 Å². The lowest BCUT2D eigenvalue weighted by molar-refractivity contribution is 0.847. The monoisotopic (exact) mass is 249 g/mol. The second-order valence-corrected chi connectivity index (χ2v) is 4.97. The van der Waals surface area contributed by atoms with Gasteiger partial charge in [-0.15, -0.1) is 0 Å². The van der Waals surface area contributed by atoms with Crippen LogP contribution < -0.4 is 0 Å². The van der Waals surface area contributed by atoms with Crippen LogP contribution in [-0.4, -0.2) is 0 Å². The van der Waals surface area contributed by atoms with Gasteiger partial charge in [0.2, 0.25) is 0 Å². The highest BCUT2D eigenvalue weighted by Gasteiger charge is 2.11. The van der Waals surface area contributed by atoms with E-state index in [4.69, 9.17) is 0 Å². The van der Waals surface area contributed by atoms with Gasteiger partial charge in [-0.25, -0.2) is 0 Å². The van der Waals surface area contributed by atoms with Gasteiger partial charge < -0.3 is 0 Å². The Hall–Kier alpha value is -2.07. The van der Waals surface area contributed by atoms with Crippen LogP contribution in [0, 0.1) is 18.3 Å². The molecule has 0 saturated heterocycles. The van der Waals surface area contributed by atoms with Crippen molar-refractivity contribution < 1.29 is 0 Å². The zero-order chi connectivity index (χ0) is 13.7. The number of rotatable bonds is 4. The van der Waals surface area contributed by atoms with E-state index >= 15 is 0 Å². The standard InChI is InChI=1S/C18H19N/c1-3-15-6-8-16(9-7-15)12-18(13-19)17-10-4-14(2)5-11-17/h4-11,18H,3,12H2,1-2H3. The van der Waals surface area contributed by atoms with Crippen LogP contribution in [0.1, 0.15) is 35.1 Å². The topological polar surface area (TPSA) is 23.8 Å². The molecule has 0 amide bonds. The molecule has 0 N–H and O–H groups in total. The molecule has 0 aromatic heterocycles. The number of hydrogen-bond acceptors (Lipinski definition) is 1. The molecule has 96 valence electrons. The minimum atomic E-state index is -0.0620. The third-order valence-corrected chi connectivity index (χ3v) is 3.51. The lowest BCUT2D eigenvalue weighted by Gasteiger charge is -2.10. The smallest absolute Gasteiger partial charge is 0.0753 e. The Morgan fingerprint density at radius 3 is 2.05 bits per heavy atom. The summed E-state index contributed by atoms with van der Waals surface area (Å²) in [6.45, 7) is 4.22. The van der Waals surface area contributed by atoms with Crippen molar-refractivity contribution >= 4 is 0 Å². The van der Waals surface area contributed by atoms with Crippen LogP contribution >= 0.6 is 0 Å². The van der Waals surface area contributed by atoms with Gasteiger partial charge in [-0.05, 0) is 36.5 Å². The van der Waals surface area contributed by atoms with Gasteiger partial charge in [0.05, 0.1) is 12.0 Å². The van der Waals surface area contributed by atoms with E-state index in [-0.39, 0.29) is 5.92 Å². The van der Waals surface area contributed by atoms with Crippen molar-refractivity contribution in [1.29, 1.82) is 5.26 Å². The third-order valence-electron chi connectivity index (χ3n) is 3.51. The quantitative estimate of drug-likeness (QED) is 0.787. The second kappa shape index (κ2) is 6.20. The Morgan fingerprint density at radius 1 is 0.947 bits per heavy atom. The largest absolute Gasteiger partial charge is 0.198 e. The Labute approximate surface area is 115 Å². The van der Waals surface area contributed by atoms with Gasteiger partial charge in [0.1, 0.15) is 0 Å². The molecule has 0 saturated carbocycles. The molecule has 0 bridgehead atoms. The first-order chi connectivity index (χ1) is 9.22. The fourth-order valence-corrected chi connectivity index (χ4v) is 2.18. The first kappa shape index (κ1) is 13.4. The molecule has 2 rings (SSSR count). The van der Waals surface area contributed by atoms with E-state index in [1.165, 1.54) is 16.7 Å². The summed E-state index contributed by atoms with van der Waals surface area (Å²) in [7, 11) is 0. The van der Waals surface area contributed by atoms with Crippen LogP contribution in [0.2, 0.25) is 0 Å².